The molecule has 1 aromatic carbocycles. The first-order valence-electron chi connectivity index (χ1n) is 10.9. The fourth-order valence-corrected chi connectivity index (χ4v) is 5.02. The van der Waals surface area contributed by atoms with Crippen molar-refractivity contribution in [3.05, 3.63) is 51.4 Å². The minimum atomic E-state index is -0.618. The number of carbonyl (C=O) groups is 3. The Kier molecular flexibility index (Phi) is 8.76. The molecule has 34 heavy (non-hydrogen) atoms. The van der Waals surface area contributed by atoms with Gasteiger partial charge in [-0.25, -0.2) is 9.59 Å². The largest absolute Gasteiger partial charge is 0.465 e. The van der Waals surface area contributed by atoms with Crippen molar-refractivity contribution >= 4 is 34.2 Å². The van der Waals surface area contributed by atoms with Gasteiger partial charge in [-0.05, 0) is 49.7 Å². The summed E-state index contributed by atoms with van der Waals surface area (Å²) in [5, 5.41) is 12.0. The van der Waals surface area contributed by atoms with E-state index in [0.29, 0.717) is 11.1 Å². The van der Waals surface area contributed by atoms with Crippen LogP contribution < -0.4 is 5.32 Å². The maximum Gasteiger partial charge on any atom is 0.348 e. The third-order valence-corrected chi connectivity index (χ3v) is 6.88. The van der Waals surface area contributed by atoms with Crippen LogP contribution in [0, 0.1) is 18.3 Å². The molecule has 3 rings (SSSR count). The molecule has 1 amide bonds. The Balaban J connectivity index is 1.60. The van der Waals surface area contributed by atoms with Gasteiger partial charge in [-0.2, -0.15) is 5.26 Å². The molecule has 9 nitrogen and oxygen atoms in total. The van der Waals surface area contributed by atoms with Crippen molar-refractivity contribution in [1.82, 2.24) is 9.80 Å². The Bertz CT molecular complexity index is 1090. The van der Waals surface area contributed by atoms with Crippen LogP contribution in [0.1, 0.15) is 43.1 Å². The van der Waals surface area contributed by atoms with Gasteiger partial charge in [0.05, 0.1) is 38.0 Å². The van der Waals surface area contributed by atoms with Crippen LogP contribution in [0.15, 0.2) is 24.3 Å². The average Bonchev–Trinajstić information content (AvgIpc) is 3.00. The smallest absolute Gasteiger partial charge is 0.348 e. The molecule has 0 radical (unpaired) electrons. The number of amides is 1. The topological polar surface area (TPSA) is 112 Å². The zero-order chi connectivity index (χ0) is 24.7. The molecule has 1 aliphatic rings. The Hall–Kier alpha value is -3.26. The molecule has 2 aromatic rings. The van der Waals surface area contributed by atoms with E-state index < -0.39 is 11.9 Å². The molecular formula is C24H28N4O5S. The number of methoxy groups -OCH3 is 2. The third kappa shape index (κ3) is 6.20. The highest BCUT2D eigenvalue weighted by atomic mass is 32.1. The van der Waals surface area contributed by atoms with Gasteiger partial charge in [0.2, 0.25) is 5.91 Å². The van der Waals surface area contributed by atoms with Crippen LogP contribution in [-0.4, -0.2) is 74.6 Å². The number of hydrogen-bond donors (Lipinski definition) is 1. The Morgan fingerprint density at radius 2 is 1.68 bits per heavy atom. The number of ether oxygens (including phenoxy) is 2. The molecule has 2 heterocycles. The summed E-state index contributed by atoms with van der Waals surface area (Å²) in [5.41, 5.74) is 2.39. The van der Waals surface area contributed by atoms with Crippen LogP contribution >= 0.6 is 11.3 Å². The van der Waals surface area contributed by atoms with Gasteiger partial charge in [0.15, 0.2) is 0 Å². The van der Waals surface area contributed by atoms with Crippen molar-refractivity contribution < 1.29 is 23.9 Å². The maximum atomic E-state index is 12.8. The minimum Gasteiger partial charge on any atom is -0.465 e. The molecule has 180 valence electrons. The van der Waals surface area contributed by atoms with Gasteiger partial charge >= 0.3 is 11.9 Å². The summed E-state index contributed by atoms with van der Waals surface area (Å²) in [6.45, 7) is 5.82. The van der Waals surface area contributed by atoms with Crippen LogP contribution in [0.2, 0.25) is 0 Å². The number of nitrogens with zero attached hydrogens (tertiary/aromatic N) is 3. The second-order valence-corrected chi connectivity index (χ2v) is 9.03. The SMILES string of the molecule is COC(=O)c1sc(NC(=O)CN2CCCN(Cc3ccc(C#N)cc3)CC2)c(C(=O)OC)c1C. The molecule has 0 bridgehead atoms. The maximum absolute atomic E-state index is 12.8. The van der Waals surface area contributed by atoms with E-state index >= 15 is 0 Å². The van der Waals surface area contributed by atoms with Gasteiger partial charge in [0.25, 0.3) is 0 Å². The van der Waals surface area contributed by atoms with Gasteiger partial charge in [0.1, 0.15) is 9.88 Å². The zero-order valence-corrected chi connectivity index (χ0v) is 20.4. The average molecular weight is 485 g/mol. The lowest BCUT2D eigenvalue weighted by Crippen LogP contribution is -2.36. The molecule has 1 fully saturated rings. The number of nitrogens with one attached hydrogen (secondary N) is 1. The quantitative estimate of drug-likeness (QED) is 0.597. The molecule has 0 unspecified atom stereocenters. The number of rotatable bonds is 7. The summed E-state index contributed by atoms with van der Waals surface area (Å²) in [5.74, 6) is -1.45. The standard InChI is InChI=1S/C24H28N4O5S/c1-16-20(23(30)32-2)22(34-21(16)24(31)33-3)26-19(29)15-28-10-4-9-27(11-12-28)14-18-7-5-17(13-25)6-8-18/h5-8H,4,9-12,14-15H2,1-3H3,(H,26,29). The summed E-state index contributed by atoms with van der Waals surface area (Å²) >= 11 is 1.01. The van der Waals surface area contributed by atoms with Crippen LogP contribution in [0.5, 0.6) is 0 Å². The van der Waals surface area contributed by atoms with Crippen molar-refractivity contribution in [2.75, 3.05) is 52.3 Å². The summed E-state index contributed by atoms with van der Waals surface area (Å²) in [6, 6.07) is 9.72. The number of benzene rings is 1. The monoisotopic (exact) mass is 484 g/mol. The fourth-order valence-electron chi connectivity index (χ4n) is 3.89. The highest BCUT2D eigenvalue weighted by molar-refractivity contribution is 7.18. The van der Waals surface area contributed by atoms with Gasteiger partial charge in [-0.3, -0.25) is 14.6 Å². The lowest BCUT2D eigenvalue weighted by atomic mass is 10.1. The molecule has 0 saturated carbocycles. The molecule has 0 spiro atoms. The van der Waals surface area contributed by atoms with Crippen LogP contribution in [0.4, 0.5) is 5.00 Å². The molecule has 1 aliphatic heterocycles. The highest BCUT2D eigenvalue weighted by Gasteiger charge is 2.27. The Morgan fingerprint density at radius 3 is 2.32 bits per heavy atom. The van der Waals surface area contributed by atoms with E-state index in [1.165, 1.54) is 14.2 Å². The summed E-state index contributed by atoms with van der Waals surface area (Å²) in [7, 11) is 2.52. The van der Waals surface area contributed by atoms with Crippen molar-refractivity contribution in [3.63, 3.8) is 0 Å². The normalized spacial score (nSPS) is 14.6. The van der Waals surface area contributed by atoms with Gasteiger partial charge < -0.3 is 14.8 Å². The fraction of sp³-hybridized carbons (Fsp3) is 0.417. The third-order valence-electron chi connectivity index (χ3n) is 5.70. The molecular weight excluding hydrogens is 456 g/mol. The lowest BCUT2D eigenvalue weighted by Gasteiger charge is -2.21. The first kappa shape index (κ1) is 25.4. The van der Waals surface area contributed by atoms with Crippen molar-refractivity contribution in [2.45, 2.75) is 19.9 Å². The van der Waals surface area contributed by atoms with Gasteiger partial charge in [0, 0.05) is 19.6 Å². The number of carbonyl (C=O) groups excluding carboxylic acids is 3. The second kappa shape index (κ2) is 11.7. The Labute approximate surface area is 202 Å². The zero-order valence-electron chi connectivity index (χ0n) is 19.6. The number of anilines is 1. The number of hydrogen-bond acceptors (Lipinski definition) is 9. The molecule has 1 N–H and O–H groups in total. The molecule has 1 aromatic heterocycles. The number of thiophene rings is 1. The summed E-state index contributed by atoms with van der Waals surface area (Å²) in [6.07, 6.45) is 0.918. The van der Waals surface area contributed by atoms with Gasteiger partial charge in [-0.15, -0.1) is 11.3 Å². The molecule has 1 saturated heterocycles. The van der Waals surface area contributed by atoms with Crippen LogP contribution in [-0.2, 0) is 20.8 Å². The number of nitriles is 1. The van der Waals surface area contributed by atoms with Crippen molar-refractivity contribution in [1.29, 1.82) is 5.26 Å². The van der Waals surface area contributed by atoms with E-state index in [2.05, 4.69) is 21.2 Å². The number of esters is 2. The van der Waals surface area contributed by atoms with E-state index in [1.54, 1.807) is 6.92 Å². The summed E-state index contributed by atoms with van der Waals surface area (Å²) < 4.78 is 9.62. The van der Waals surface area contributed by atoms with E-state index in [0.717, 1.165) is 56.0 Å². The van der Waals surface area contributed by atoms with Gasteiger partial charge in [-0.1, -0.05) is 12.1 Å². The van der Waals surface area contributed by atoms with Crippen molar-refractivity contribution in [3.8, 4) is 6.07 Å². The Morgan fingerprint density at radius 1 is 1.03 bits per heavy atom. The highest BCUT2D eigenvalue weighted by Crippen LogP contribution is 2.34. The predicted octanol–water partition coefficient (Wildman–Crippen LogP) is 2.65. The first-order valence-corrected chi connectivity index (χ1v) is 11.7. The van der Waals surface area contributed by atoms with Crippen LogP contribution in [0.25, 0.3) is 0 Å². The minimum absolute atomic E-state index is 0.172. The summed E-state index contributed by atoms with van der Waals surface area (Å²) in [4.78, 5) is 41.8. The first-order chi connectivity index (χ1) is 16.4. The van der Waals surface area contributed by atoms with E-state index in [-0.39, 0.29) is 27.9 Å². The van der Waals surface area contributed by atoms with E-state index in [1.807, 2.05) is 24.3 Å². The lowest BCUT2D eigenvalue weighted by molar-refractivity contribution is -0.117. The van der Waals surface area contributed by atoms with Crippen LogP contribution in [0.3, 0.4) is 0 Å². The molecule has 0 aliphatic carbocycles. The molecule has 10 heteroatoms. The predicted molar refractivity (Wildman–Crippen MR) is 128 cm³/mol. The van der Waals surface area contributed by atoms with Crippen molar-refractivity contribution in [2.24, 2.45) is 0 Å². The van der Waals surface area contributed by atoms with E-state index in [4.69, 9.17) is 14.7 Å². The van der Waals surface area contributed by atoms with E-state index in [9.17, 15) is 14.4 Å². The second-order valence-electron chi connectivity index (χ2n) is 8.01. The molecule has 0 atom stereocenters.